The van der Waals surface area contributed by atoms with Crippen LogP contribution in [-0.4, -0.2) is 88.2 Å². The molecule has 1 aliphatic carbocycles. The lowest BCUT2D eigenvalue weighted by atomic mass is 9.66. The predicted molar refractivity (Wildman–Crippen MR) is 121 cm³/mol. The van der Waals surface area contributed by atoms with Crippen molar-refractivity contribution in [1.82, 2.24) is 9.80 Å². The molecule has 6 atom stereocenters. The molecule has 2 heterocycles. The molecule has 12 heteroatoms. The molecular weight excluding hydrogens is 476 g/mol. The predicted octanol–water partition coefficient (Wildman–Crippen LogP) is 1.10. The third-order valence-corrected chi connectivity index (χ3v) is 6.46. The van der Waals surface area contributed by atoms with Crippen molar-refractivity contribution in [2.45, 2.75) is 90.3 Å². The van der Waals surface area contributed by atoms with Gasteiger partial charge in [0.05, 0.1) is 12.6 Å². The molecule has 1 saturated carbocycles. The lowest BCUT2D eigenvalue weighted by Crippen LogP contribution is -2.79. The van der Waals surface area contributed by atoms with Crippen LogP contribution in [0.2, 0.25) is 0 Å². The number of likely N-dealkylation sites (tertiary alicyclic amines) is 1. The third kappa shape index (κ3) is 4.80. The van der Waals surface area contributed by atoms with Crippen LogP contribution in [-0.2, 0) is 42.9 Å². The van der Waals surface area contributed by atoms with Gasteiger partial charge in [0.2, 0.25) is 11.8 Å². The molecular formula is C24H32N2O10. The van der Waals surface area contributed by atoms with Crippen molar-refractivity contribution in [3.63, 3.8) is 0 Å². The minimum Gasteiger partial charge on any atom is -0.464 e. The van der Waals surface area contributed by atoms with Crippen molar-refractivity contribution in [1.29, 1.82) is 0 Å². The number of carbonyl (C=O) groups excluding carboxylic acids is 6. The first-order chi connectivity index (χ1) is 16.8. The molecule has 3 amide bonds. The summed E-state index contributed by atoms with van der Waals surface area (Å²) in [5.41, 5.74) is -1.76. The zero-order valence-corrected chi connectivity index (χ0v) is 21.2. The molecule has 198 valence electrons. The Morgan fingerprint density at radius 2 is 1.75 bits per heavy atom. The van der Waals surface area contributed by atoms with Gasteiger partial charge in [-0.2, -0.15) is 0 Å². The van der Waals surface area contributed by atoms with Gasteiger partial charge in [0.15, 0.2) is 17.7 Å². The maximum atomic E-state index is 13.6. The van der Waals surface area contributed by atoms with Gasteiger partial charge in [0.1, 0.15) is 12.1 Å². The summed E-state index contributed by atoms with van der Waals surface area (Å²) in [6.07, 6.45) is -0.398. The van der Waals surface area contributed by atoms with E-state index in [4.69, 9.17) is 18.9 Å². The van der Waals surface area contributed by atoms with Crippen LogP contribution in [0.15, 0.2) is 12.2 Å². The number of rotatable bonds is 6. The van der Waals surface area contributed by atoms with Crippen molar-refractivity contribution in [2.75, 3.05) is 6.61 Å². The van der Waals surface area contributed by atoms with Crippen molar-refractivity contribution >= 4 is 35.8 Å². The molecule has 3 aliphatic rings. The van der Waals surface area contributed by atoms with E-state index in [-0.39, 0.29) is 25.4 Å². The van der Waals surface area contributed by atoms with Crippen molar-refractivity contribution in [3.8, 4) is 0 Å². The summed E-state index contributed by atoms with van der Waals surface area (Å²) in [7, 11) is 0. The largest absolute Gasteiger partial charge is 0.464 e. The van der Waals surface area contributed by atoms with E-state index in [2.05, 4.69) is 0 Å². The Hall–Kier alpha value is -3.44. The van der Waals surface area contributed by atoms with Gasteiger partial charge >= 0.3 is 24.0 Å². The maximum Gasteiger partial charge on any atom is 0.417 e. The van der Waals surface area contributed by atoms with E-state index in [1.54, 1.807) is 13.0 Å². The molecule has 3 fully saturated rings. The van der Waals surface area contributed by atoms with Crippen LogP contribution in [0.1, 0.15) is 54.4 Å². The Kier molecular flexibility index (Phi) is 7.75. The average molecular weight is 509 g/mol. The normalized spacial score (nSPS) is 31.1. The summed E-state index contributed by atoms with van der Waals surface area (Å²) in [5.74, 6) is -3.54. The fourth-order valence-corrected chi connectivity index (χ4v) is 5.43. The summed E-state index contributed by atoms with van der Waals surface area (Å²) in [5, 5.41) is 0. The van der Waals surface area contributed by atoms with Gasteiger partial charge in [0.25, 0.3) is 0 Å². The number of nitrogens with zero attached hydrogens (tertiary/aromatic N) is 2. The van der Waals surface area contributed by atoms with Crippen molar-refractivity contribution < 1.29 is 47.7 Å². The molecule has 0 aromatic heterocycles. The fraction of sp³-hybridized carbons (Fsp3) is 0.667. The van der Waals surface area contributed by atoms with Crippen LogP contribution < -0.4 is 0 Å². The number of ether oxygens (including phenoxy) is 4. The Morgan fingerprint density at radius 3 is 2.28 bits per heavy atom. The fourth-order valence-electron chi connectivity index (χ4n) is 5.43. The van der Waals surface area contributed by atoms with Gasteiger partial charge in [-0.05, 0) is 18.9 Å². The monoisotopic (exact) mass is 508 g/mol. The van der Waals surface area contributed by atoms with Crippen LogP contribution in [0.4, 0.5) is 4.79 Å². The lowest BCUT2D eigenvalue weighted by molar-refractivity contribution is -0.227. The molecule has 0 unspecified atom stereocenters. The Morgan fingerprint density at radius 1 is 1.11 bits per heavy atom. The highest BCUT2D eigenvalue weighted by molar-refractivity contribution is 5.97. The summed E-state index contributed by atoms with van der Waals surface area (Å²) >= 11 is 0. The highest BCUT2D eigenvalue weighted by Crippen LogP contribution is 2.51. The first kappa shape index (κ1) is 27.2. The van der Waals surface area contributed by atoms with Gasteiger partial charge in [-0.3, -0.25) is 19.2 Å². The highest BCUT2D eigenvalue weighted by atomic mass is 16.6. The molecule has 36 heavy (non-hydrogen) atoms. The third-order valence-electron chi connectivity index (χ3n) is 6.46. The number of piperidine rings is 1. The van der Waals surface area contributed by atoms with Gasteiger partial charge in [-0.15, -0.1) is 0 Å². The molecule has 0 radical (unpaired) electrons. The molecule has 12 nitrogen and oxygen atoms in total. The molecule has 2 bridgehead atoms. The maximum absolute atomic E-state index is 13.6. The van der Waals surface area contributed by atoms with E-state index in [9.17, 15) is 28.8 Å². The van der Waals surface area contributed by atoms with Gasteiger partial charge in [-0.1, -0.05) is 19.9 Å². The zero-order valence-electron chi connectivity index (χ0n) is 21.2. The van der Waals surface area contributed by atoms with E-state index < -0.39 is 71.8 Å². The second-order valence-electron chi connectivity index (χ2n) is 9.47. The van der Waals surface area contributed by atoms with Crippen LogP contribution in [0.5, 0.6) is 0 Å². The quantitative estimate of drug-likeness (QED) is 0.290. The molecule has 1 spiro atoms. The molecule has 2 saturated heterocycles. The van der Waals surface area contributed by atoms with E-state index >= 15 is 0 Å². The lowest BCUT2D eigenvalue weighted by Gasteiger charge is -2.58. The number of allylic oxidation sites excluding steroid dienone is 1. The van der Waals surface area contributed by atoms with Crippen molar-refractivity contribution in [3.05, 3.63) is 12.2 Å². The van der Waals surface area contributed by atoms with E-state index in [1.807, 2.05) is 13.8 Å². The van der Waals surface area contributed by atoms with E-state index in [0.717, 1.165) is 18.7 Å². The van der Waals surface area contributed by atoms with Crippen LogP contribution in [0.3, 0.4) is 0 Å². The summed E-state index contributed by atoms with van der Waals surface area (Å²) in [6.45, 7) is 8.75. The molecule has 3 rings (SSSR count). The van der Waals surface area contributed by atoms with Crippen LogP contribution >= 0.6 is 0 Å². The summed E-state index contributed by atoms with van der Waals surface area (Å²) in [6, 6.07) is -3.86. The minimum absolute atomic E-state index is 0.000776. The Bertz CT molecular complexity index is 991. The van der Waals surface area contributed by atoms with E-state index in [1.165, 1.54) is 17.9 Å². The van der Waals surface area contributed by atoms with Crippen molar-refractivity contribution in [2.24, 2.45) is 5.92 Å². The number of hydrogen-bond acceptors (Lipinski definition) is 10. The van der Waals surface area contributed by atoms with Crippen LogP contribution in [0, 0.1) is 5.92 Å². The topological polar surface area (TPSA) is 146 Å². The second kappa shape index (κ2) is 10.3. The SMILES string of the molecule is CCOC(=O)[C@H]1[C@@H]2N(C(C)=O)C(=O)O[C@@]23C[C@H](OC(C)=O)C[C@H]([C@@H]3OC(C)=O)N1C(=O)/C=C/C(C)C. The average Bonchev–Trinajstić information content (AvgIpc) is 3.02. The Labute approximate surface area is 208 Å². The number of amides is 3. The first-order valence-corrected chi connectivity index (χ1v) is 11.9. The molecule has 0 N–H and O–H groups in total. The molecule has 0 aromatic carbocycles. The van der Waals surface area contributed by atoms with Crippen LogP contribution in [0.25, 0.3) is 0 Å². The number of imide groups is 1. The standard InChI is InChI=1S/C24H32N2O10/c1-7-33-22(31)19-20-24(36-23(32)25(20)13(4)27)11-16(34-14(5)28)10-17(21(24)35-15(6)29)26(19)18(30)9-8-12(2)3/h8-9,12,16-17,19-21H,7,10-11H2,1-6H3/b9-8+/t16-,17-,19-,20+,21+,24+/m1/s1. The number of carbonyl (C=O) groups is 6. The zero-order chi connectivity index (χ0) is 26.9. The minimum atomic E-state index is -1.76. The Balaban J connectivity index is 2.29. The van der Waals surface area contributed by atoms with Gasteiger partial charge < -0.3 is 23.8 Å². The number of esters is 3. The van der Waals surface area contributed by atoms with Gasteiger partial charge in [-0.25, -0.2) is 14.5 Å². The number of hydrogen-bond donors (Lipinski definition) is 0. The summed E-state index contributed by atoms with van der Waals surface area (Å²) in [4.78, 5) is 78.5. The van der Waals surface area contributed by atoms with E-state index in [0.29, 0.717) is 0 Å². The molecule has 2 aliphatic heterocycles. The number of fused-ring (bicyclic) bond motifs is 1. The first-order valence-electron chi connectivity index (χ1n) is 11.9. The smallest absolute Gasteiger partial charge is 0.417 e. The summed E-state index contributed by atoms with van der Waals surface area (Å²) < 4.78 is 22.1. The molecule has 0 aromatic rings. The highest BCUT2D eigenvalue weighted by Gasteiger charge is 2.74. The van der Waals surface area contributed by atoms with Gasteiger partial charge in [0, 0.05) is 33.6 Å². The second-order valence-corrected chi connectivity index (χ2v) is 9.47.